The second-order valence-electron chi connectivity index (χ2n) is 5.51. The molecule has 0 heterocycles. The Bertz CT molecular complexity index is 690. The fraction of sp³-hybridized carbons (Fsp3) is 0.278. The summed E-state index contributed by atoms with van der Waals surface area (Å²) >= 11 is 0. The van der Waals surface area contributed by atoms with Crippen molar-refractivity contribution in [3.63, 3.8) is 0 Å². The number of urea groups is 1. The average molecular weight is 352 g/mol. The van der Waals surface area contributed by atoms with Crippen molar-refractivity contribution >= 4 is 6.03 Å². The van der Waals surface area contributed by atoms with Crippen LogP contribution >= 0.6 is 0 Å². The highest BCUT2D eigenvalue weighted by atomic mass is 19.4. The molecule has 2 aromatic rings. The molecule has 2 amide bonds. The lowest BCUT2D eigenvalue weighted by Gasteiger charge is -2.15. The van der Waals surface area contributed by atoms with E-state index in [9.17, 15) is 18.0 Å². The first-order valence-corrected chi connectivity index (χ1v) is 7.71. The lowest BCUT2D eigenvalue weighted by Crippen LogP contribution is -2.36. The standard InChI is InChI=1S/C18H19F3N2O2/c1-13(15-7-3-2-4-8-15)23-17(24)22-11-14-6-5-9-16(10-14)25-12-18(19,20)21/h2-10,13H,11-12H2,1H3,(H2,22,23,24). The van der Waals surface area contributed by atoms with Crippen molar-refractivity contribution in [1.82, 2.24) is 10.6 Å². The molecule has 7 heteroatoms. The zero-order valence-electron chi connectivity index (χ0n) is 13.6. The third-order valence-electron chi connectivity index (χ3n) is 3.40. The van der Waals surface area contributed by atoms with Gasteiger partial charge in [0.15, 0.2) is 6.61 Å². The number of rotatable bonds is 6. The number of hydrogen-bond acceptors (Lipinski definition) is 2. The zero-order chi connectivity index (χ0) is 18.3. The first kappa shape index (κ1) is 18.6. The largest absolute Gasteiger partial charge is 0.484 e. The maximum Gasteiger partial charge on any atom is 0.422 e. The van der Waals surface area contributed by atoms with E-state index in [1.807, 2.05) is 37.3 Å². The summed E-state index contributed by atoms with van der Waals surface area (Å²) in [5.41, 5.74) is 1.61. The second kappa shape index (κ2) is 8.41. The molecule has 0 radical (unpaired) electrons. The van der Waals surface area contributed by atoms with E-state index in [1.165, 1.54) is 12.1 Å². The number of amides is 2. The molecule has 0 saturated heterocycles. The van der Waals surface area contributed by atoms with Gasteiger partial charge in [0.05, 0.1) is 6.04 Å². The molecule has 0 spiro atoms. The smallest absolute Gasteiger partial charge is 0.422 e. The third kappa shape index (κ3) is 6.74. The normalized spacial score (nSPS) is 12.3. The van der Waals surface area contributed by atoms with Gasteiger partial charge in [0.25, 0.3) is 0 Å². The van der Waals surface area contributed by atoms with Gasteiger partial charge in [-0.1, -0.05) is 42.5 Å². The summed E-state index contributed by atoms with van der Waals surface area (Å²) < 4.78 is 41.2. The number of hydrogen-bond donors (Lipinski definition) is 2. The van der Waals surface area contributed by atoms with Crippen molar-refractivity contribution in [2.24, 2.45) is 0 Å². The summed E-state index contributed by atoms with van der Waals surface area (Å²) in [5, 5.41) is 5.47. The van der Waals surface area contributed by atoms with Crippen molar-refractivity contribution in [3.8, 4) is 5.75 Å². The lowest BCUT2D eigenvalue weighted by molar-refractivity contribution is -0.153. The number of carbonyl (C=O) groups is 1. The Labute approximate surface area is 144 Å². The van der Waals surface area contributed by atoms with Crippen LogP contribution in [0.4, 0.5) is 18.0 Å². The molecule has 2 rings (SSSR count). The van der Waals surface area contributed by atoms with Gasteiger partial charge in [-0.05, 0) is 30.2 Å². The molecule has 0 aromatic heterocycles. The first-order chi connectivity index (χ1) is 11.8. The van der Waals surface area contributed by atoms with E-state index in [-0.39, 0.29) is 24.4 Å². The van der Waals surface area contributed by atoms with Crippen LogP contribution in [-0.4, -0.2) is 18.8 Å². The number of ether oxygens (including phenoxy) is 1. The zero-order valence-corrected chi connectivity index (χ0v) is 13.6. The molecular formula is C18H19F3N2O2. The highest BCUT2D eigenvalue weighted by Gasteiger charge is 2.28. The summed E-state index contributed by atoms with van der Waals surface area (Å²) in [6, 6.07) is 15.1. The molecule has 1 atom stereocenters. The van der Waals surface area contributed by atoms with E-state index in [0.29, 0.717) is 5.56 Å². The van der Waals surface area contributed by atoms with E-state index >= 15 is 0 Å². The van der Waals surface area contributed by atoms with Crippen LogP contribution in [0.2, 0.25) is 0 Å². The highest BCUT2D eigenvalue weighted by molar-refractivity contribution is 5.74. The molecule has 2 N–H and O–H groups in total. The Hall–Kier alpha value is -2.70. The minimum atomic E-state index is -4.39. The number of carbonyl (C=O) groups excluding carboxylic acids is 1. The minimum absolute atomic E-state index is 0.106. The van der Waals surface area contributed by atoms with Gasteiger partial charge >= 0.3 is 12.2 Å². The monoisotopic (exact) mass is 352 g/mol. The summed E-state index contributed by atoms with van der Waals surface area (Å²) in [6.07, 6.45) is -4.39. The Morgan fingerprint density at radius 2 is 1.84 bits per heavy atom. The number of benzene rings is 2. The van der Waals surface area contributed by atoms with Crippen LogP contribution < -0.4 is 15.4 Å². The van der Waals surface area contributed by atoms with E-state index in [1.54, 1.807) is 12.1 Å². The summed E-state index contributed by atoms with van der Waals surface area (Å²) in [5.74, 6) is 0.106. The second-order valence-corrected chi connectivity index (χ2v) is 5.51. The van der Waals surface area contributed by atoms with Crippen LogP contribution in [0.1, 0.15) is 24.1 Å². The van der Waals surface area contributed by atoms with Gasteiger partial charge in [0.1, 0.15) is 5.75 Å². The first-order valence-electron chi connectivity index (χ1n) is 7.71. The van der Waals surface area contributed by atoms with Crippen molar-refractivity contribution in [3.05, 3.63) is 65.7 Å². The van der Waals surface area contributed by atoms with Gasteiger partial charge in [-0.15, -0.1) is 0 Å². The average Bonchev–Trinajstić information content (AvgIpc) is 2.59. The van der Waals surface area contributed by atoms with Crippen LogP contribution in [0.25, 0.3) is 0 Å². The summed E-state index contributed by atoms with van der Waals surface area (Å²) in [4.78, 5) is 11.9. The quantitative estimate of drug-likeness (QED) is 0.819. The molecule has 0 aliphatic rings. The summed E-state index contributed by atoms with van der Waals surface area (Å²) in [7, 11) is 0. The van der Waals surface area contributed by atoms with Crippen molar-refractivity contribution in [2.45, 2.75) is 25.7 Å². The van der Waals surface area contributed by atoms with Gasteiger partial charge in [0, 0.05) is 6.54 Å². The molecule has 25 heavy (non-hydrogen) atoms. The minimum Gasteiger partial charge on any atom is -0.484 e. The van der Waals surface area contributed by atoms with Crippen LogP contribution in [0.15, 0.2) is 54.6 Å². The maximum absolute atomic E-state index is 12.2. The molecular weight excluding hydrogens is 333 g/mol. The number of halogens is 3. The topological polar surface area (TPSA) is 50.4 Å². The van der Waals surface area contributed by atoms with Gasteiger partial charge in [-0.3, -0.25) is 0 Å². The Balaban J connectivity index is 1.83. The van der Waals surface area contributed by atoms with Crippen LogP contribution in [-0.2, 0) is 6.54 Å². The maximum atomic E-state index is 12.2. The van der Waals surface area contributed by atoms with Crippen molar-refractivity contribution < 1.29 is 22.7 Å². The van der Waals surface area contributed by atoms with E-state index in [0.717, 1.165) is 5.56 Å². The van der Waals surface area contributed by atoms with Crippen LogP contribution in [0.5, 0.6) is 5.75 Å². The lowest BCUT2D eigenvalue weighted by atomic mass is 10.1. The van der Waals surface area contributed by atoms with Crippen LogP contribution in [0, 0.1) is 0 Å². The molecule has 0 aliphatic carbocycles. The molecule has 0 aliphatic heterocycles. The molecule has 0 bridgehead atoms. The van der Waals surface area contributed by atoms with Gasteiger partial charge < -0.3 is 15.4 Å². The fourth-order valence-electron chi connectivity index (χ4n) is 2.17. The van der Waals surface area contributed by atoms with Gasteiger partial charge in [-0.25, -0.2) is 4.79 Å². The predicted octanol–water partition coefficient (Wildman–Crippen LogP) is 4.19. The molecule has 4 nitrogen and oxygen atoms in total. The number of nitrogens with one attached hydrogen (secondary N) is 2. The highest BCUT2D eigenvalue weighted by Crippen LogP contribution is 2.19. The molecule has 2 aromatic carbocycles. The van der Waals surface area contributed by atoms with E-state index < -0.39 is 12.8 Å². The Morgan fingerprint density at radius 1 is 1.12 bits per heavy atom. The Kier molecular flexibility index (Phi) is 6.27. The molecule has 134 valence electrons. The summed E-state index contributed by atoms with van der Waals surface area (Å²) in [6.45, 7) is 0.691. The van der Waals surface area contributed by atoms with Gasteiger partial charge in [-0.2, -0.15) is 13.2 Å². The predicted molar refractivity (Wildman–Crippen MR) is 88.2 cm³/mol. The SMILES string of the molecule is CC(NC(=O)NCc1cccc(OCC(F)(F)F)c1)c1ccccc1. The molecule has 0 fully saturated rings. The molecule has 0 saturated carbocycles. The Morgan fingerprint density at radius 3 is 2.52 bits per heavy atom. The molecule has 1 unspecified atom stereocenters. The van der Waals surface area contributed by atoms with Crippen molar-refractivity contribution in [1.29, 1.82) is 0 Å². The van der Waals surface area contributed by atoms with Crippen LogP contribution in [0.3, 0.4) is 0 Å². The third-order valence-corrected chi connectivity index (χ3v) is 3.40. The van der Waals surface area contributed by atoms with E-state index in [4.69, 9.17) is 0 Å². The fourth-order valence-corrected chi connectivity index (χ4v) is 2.17. The number of alkyl halides is 3. The van der Waals surface area contributed by atoms with E-state index in [2.05, 4.69) is 15.4 Å². The van der Waals surface area contributed by atoms with Gasteiger partial charge in [0.2, 0.25) is 0 Å². The van der Waals surface area contributed by atoms with Crippen molar-refractivity contribution in [2.75, 3.05) is 6.61 Å².